The van der Waals surface area contributed by atoms with E-state index in [4.69, 9.17) is 4.74 Å². The van der Waals surface area contributed by atoms with Gasteiger partial charge in [0.05, 0.1) is 17.7 Å². The van der Waals surface area contributed by atoms with Gasteiger partial charge in [0.1, 0.15) is 5.75 Å². The van der Waals surface area contributed by atoms with Crippen LogP contribution in [-0.2, 0) is 11.3 Å². The smallest absolute Gasteiger partial charge is 0.246 e. The monoisotopic (exact) mass is 451 g/mol. The molecule has 4 aliphatic rings. The molecule has 1 aromatic carbocycles. The van der Waals surface area contributed by atoms with Gasteiger partial charge in [-0.3, -0.25) is 4.79 Å². The highest BCUT2D eigenvalue weighted by molar-refractivity contribution is 7.09. The summed E-state index contributed by atoms with van der Waals surface area (Å²) in [5, 5.41) is 4.65. The summed E-state index contributed by atoms with van der Waals surface area (Å²) >= 11 is 1.61. The van der Waals surface area contributed by atoms with Gasteiger partial charge < -0.3 is 9.30 Å². The predicted molar refractivity (Wildman–Crippen MR) is 128 cm³/mol. The van der Waals surface area contributed by atoms with E-state index in [9.17, 15) is 4.79 Å². The summed E-state index contributed by atoms with van der Waals surface area (Å²) < 4.78 is 7.73. The molecule has 32 heavy (non-hydrogen) atoms. The number of aromatic nitrogens is 1. The normalized spacial score (nSPS) is 28.7. The SMILES string of the molecule is C=CCn1c(-c2ccc(OCC)cc2)c(C)sc1=NNC(=O)C12CC3CC(CC(C3)C1)C2. The average Bonchev–Trinajstić information content (AvgIpc) is 3.07. The van der Waals surface area contributed by atoms with Crippen LogP contribution >= 0.6 is 11.3 Å². The summed E-state index contributed by atoms with van der Waals surface area (Å²) in [4.78, 5) is 15.3. The third-order valence-electron chi connectivity index (χ3n) is 7.60. The summed E-state index contributed by atoms with van der Waals surface area (Å²) in [6, 6.07) is 8.16. The Morgan fingerprint density at radius 1 is 1.22 bits per heavy atom. The third-order valence-corrected chi connectivity index (χ3v) is 8.60. The van der Waals surface area contributed by atoms with E-state index in [1.165, 1.54) is 24.1 Å². The van der Waals surface area contributed by atoms with Crippen molar-refractivity contribution in [2.24, 2.45) is 28.3 Å². The third kappa shape index (κ3) is 3.83. The van der Waals surface area contributed by atoms with Gasteiger partial charge in [0.15, 0.2) is 0 Å². The molecule has 5 nitrogen and oxygen atoms in total. The Balaban J connectivity index is 1.43. The minimum Gasteiger partial charge on any atom is -0.494 e. The van der Waals surface area contributed by atoms with Crippen LogP contribution in [0.5, 0.6) is 5.75 Å². The first-order chi connectivity index (χ1) is 15.5. The second-order valence-corrected chi connectivity index (χ2v) is 11.1. The summed E-state index contributed by atoms with van der Waals surface area (Å²) in [5.41, 5.74) is 5.03. The number of amides is 1. The number of aryl methyl sites for hydroxylation is 1. The first-order valence-electron chi connectivity index (χ1n) is 11.9. The van der Waals surface area contributed by atoms with Gasteiger partial charge in [-0.25, -0.2) is 5.43 Å². The van der Waals surface area contributed by atoms with Crippen LogP contribution in [0.25, 0.3) is 11.3 Å². The lowest BCUT2D eigenvalue weighted by Gasteiger charge is -2.55. The molecule has 0 saturated heterocycles. The van der Waals surface area contributed by atoms with Crippen LogP contribution in [-0.4, -0.2) is 17.1 Å². The maximum atomic E-state index is 13.4. The number of ether oxygens (including phenoxy) is 1. The Kier molecular flexibility index (Phi) is 5.74. The second kappa shape index (κ2) is 8.54. The van der Waals surface area contributed by atoms with Crippen molar-refractivity contribution in [3.63, 3.8) is 0 Å². The van der Waals surface area contributed by atoms with Crippen molar-refractivity contribution < 1.29 is 9.53 Å². The molecule has 6 rings (SSSR count). The number of nitrogens with one attached hydrogen (secondary N) is 1. The summed E-state index contributed by atoms with van der Waals surface area (Å²) in [6.07, 6.45) is 9.02. The van der Waals surface area contributed by atoms with E-state index < -0.39 is 0 Å². The number of nitrogens with zero attached hydrogens (tertiary/aromatic N) is 2. The lowest BCUT2D eigenvalue weighted by molar-refractivity contribution is -0.146. The Morgan fingerprint density at radius 2 is 1.84 bits per heavy atom. The van der Waals surface area contributed by atoms with Crippen molar-refractivity contribution in [2.75, 3.05) is 6.61 Å². The molecule has 1 aromatic heterocycles. The van der Waals surface area contributed by atoms with Crippen molar-refractivity contribution in [2.45, 2.75) is 58.9 Å². The number of hydrogen-bond acceptors (Lipinski definition) is 4. The van der Waals surface area contributed by atoms with Crippen molar-refractivity contribution >= 4 is 17.2 Å². The lowest BCUT2D eigenvalue weighted by atomic mass is 9.49. The standard InChI is InChI=1S/C26H33N3O2S/c1-4-10-29-23(21-6-8-22(9-7-21)31-5-2)17(3)32-25(29)28-27-24(30)26-14-18-11-19(15-26)13-20(12-18)16-26/h4,6-9,18-20H,1,5,10-16H2,2-3H3,(H,27,30). The van der Waals surface area contributed by atoms with E-state index in [1.807, 2.05) is 25.1 Å². The number of carbonyl (C=O) groups excluding carboxylic acids is 1. The number of carbonyl (C=O) groups is 1. The fourth-order valence-corrected chi connectivity index (χ4v) is 7.71. The zero-order valence-electron chi connectivity index (χ0n) is 19.1. The summed E-state index contributed by atoms with van der Waals surface area (Å²) in [7, 11) is 0. The van der Waals surface area contributed by atoms with Gasteiger partial charge in [-0.1, -0.05) is 17.4 Å². The van der Waals surface area contributed by atoms with Gasteiger partial charge in [0.2, 0.25) is 10.7 Å². The van der Waals surface area contributed by atoms with E-state index >= 15 is 0 Å². The van der Waals surface area contributed by atoms with E-state index in [0.717, 1.165) is 58.8 Å². The first-order valence-corrected chi connectivity index (χ1v) is 12.7. The molecule has 0 atom stereocenters. The highest BCUT2D eigenvalue weighted by Gasteiger charge is 2.54. The van der Waals surface area contributed by atoms with Gasteiger partial charge in [-0.2, -0.15) is 0 Å². The number of benzene rings is 1. The Bertz CT molecular complexity index is 1040. The molecule has 0 spiro atoms. The van der Waals surface area contributed by atoms with Crippen LogP contribution < -0.4 is 15.0 Å². The van der Waals surface area contributed by atoms with Crippen LogP contribution in [0.1, 0.15) is 50.3 Å². The fourth-order valence-electron chi connectivity index (χ4n) is 6.75. The molecule has 6 heteroatoms. The van der Waals surface area contributed by atoms with Crippen LogP contribution in [0.4, 0.5) is 0 Å². The molecular weight excluding hydrogens is 418 g/mol. The zero-order valence-corrected chi connectivity index (χ0v) is 19.9. The molecule has 4 bridgehead atoms. The number of allylic oxidation sites excluding steroid dienone is 1. The fraction of sp³-hybridized carbons (Fsp3) is 0.538. The van der Waals surface area contributed by atoms with Crippen LogP contribution in [0.15, 0.2) is 42.0 Å². The molecule has 1 amide bonds. The molecule has 2 aromatic rings. The average molecular weight is 452 g/mol. The Labute approximate surface area is 194 Å². The van der Waals surface area contributed by atoms with Gasteiger partial charge in [-0.05, 0) is 100.0 Å². The minimum atomic E-state index is -0.189. The van der Waals surface area contributed by atoms with Crippen molar-refractivity contribution in [1.29, 1.82) is 0 Å². The van der Waals surface area contributed by atoms with Gasteiger partial charge >= 0.3 is 0 Å². The van der Waals surface area contributed by atoms with Crippen LogP contribution in [0.3, 0.4) is 0 Å². The van der Waals surface area contributed by atoms with Gasteiger partial charge in [-0.15, -0.1) is 11.7 Å². The molecule has 4 saturated carbocycles. The van der Waals surface area contributed by atoms with Crippen molar-refractivity contribution in [3.05, 3.63) is 46.6 Å². The Morgan fingerprint density at radius 3 is 2.41 bits per heavy atom. The Hall–Kier alpha value is -2.34. The molecule has 4 aliphatic carbocycles. The molecule has 0 aliphatic heterocycles. The van der Waals surface area contributed by atoms with E-state index in [2.05, 4.69) is 40.7 Å². The van der Waals surface area contributed by atoms with E-state index in [0.29, 0.717) is 13.2 Å². The number of rotatable bonds is 7. The molecule has 170 valence electrons. The maximum Gasteiger partial charge on any atom is 0.246 e. The molecule has 0 unspecified atom stereocenters. The van der Waals surface area contributed by atoms with Gasteiger partial charge in [0.25, 0.3) is 0 Å². The van der Waals surface area contributed by atoms with Crippen molar-refractivity contribution in [3.8, 4) is 17.0 Å². The van der Waals surface area contributed by atoms with Crippen LogP contribution in [0, 0.1) is 30.1 Å². The van der Waals surface area contributed by atoms with Gasteiger partial charge in [0, 0.05) is 11.4 Å². The predicted octanol–water partition coefficient (Wildman–Crippen LogP) is 5.26. The molecule has 1 heterocycles. The molecule has 0 radical (unpaired) electrons. The topological polar surface area (TPSA) is 55.6 Å². The highest BCUT2D eigenvalue weighted by Crippen LogP contribution is 2.60. The molecule has 4 fully saturated rings. The minimum absolute atomic E-state index is 0.135. The number of thiazole rings is 1. The number of hydrogen-bond donors (Lipinski definition) is 1. The quantitative estimate of drug-likeness (QED) is 0.461. The summed E-state index contributed by atoms with van der Waals surface area (Å²) in [5.74, 6) is 3.23. The molecule has 1 N–H and O–H groups in total. The zero-order chi connectivity index (χ0) is 22.3. The molecular formula is C26H33N3O2S. The highest BCUT2D eigenvalue weighted by atomic mass is 32.1. The maximum absolute atomic E-state index is 13.4. The summed E-state index contributed by atoms with van der Waals surface area (Å²) in [6.45, 7) is 9.32. The second-order valence-electron chi connectivity index (χ2n) is 9.90. The largest absolute Gasteiger partial charge is 0.494 e. The lowest BCUT2D eigenvalue weighted by Crippen LogP contribution is -2.53. The first kappa shape index (κ1) is 21.5. The van der Waals surface area contributed by atoms with E-state index in [1.54, 1.807) is 11.3 Å². The van der Waals surface area contributed by atoms with Crippen LogP contribution in [0.2, 0.25) is 0 Å². The van der Waals surface area contributed by atoms with E-state index in [-0.39, 0.29) is 11.3 Å². The van der Waals surface area contributed by atoms with Crippen molar-refractivity contribution in [1.82, 2.24) is 9.99 Å².